The average Bonchev–Trinajstić information content (AvgIpc) is 2.69. The zero-order chi connectivity index (χ0) is 19.5. The van der Waals surface area contributed by atoms with E-state index in [1.807, 2.05) is 29.2 Å². The van der Waals surface area contributed by atoms with Crippen LogP contribution in [0, 0.1) is 6.92 Å². The Labute approximate surface area is 170 Å². The number of nitrogens with zero attached hydrogens (tertiary/aromatic N) is 2. The van der Waals surface area contributed by atoms with Crippen molar-refractivity contribution in [2.75, 3.05) is 31.5 Å². The molecule has 2 heterocycles. The van der Waals surface area contributed by atoms with Gasteiger partial charge < -0.3 is 10.2 Å². The number of anilines is 1. The molecule has 0 unspecified atom stereocenters. The molecule has 6 heteroatoms. The quantitative estimate of drug-likeness (QED) is 0.864. The first-order valence-electron chi connectivity index (χ1n) is 9.71. The van der Waals surface area contributed by atoms with Crippen molar-refractivity contribution in [3.63, 3.8) is 0 Å². The van der Waals surface area contributed by atoms with Crippen molar-refractivity contribution in [3.8, 4) is 0 Å². The zero-order valence-electron chi connectivity index (χ0n) is 16.1. The molecule has 0 spiro atoms. The van der Waals surface area contributed by atoms with Gasteiger partial charge in [-0.15, -0.1) is 11.8 Å². The summed E-state index contributed by atoms with van der Waals surface area (Å²) in [4.78, 5) is 30.4. The normalized spacial score (nSPS) is 19.8. The van der Waals surface area contributed by atoms with Crippen LogP contribution in [-0.2, 0) is 16.1 Å². The first kappa shape index (κ1) is 19.0. The van der Waals surface area contributed by atoms with Gasteiger partial charge >= 0.3 is 0 Å². The van der Waals surface area contributed by atoms with Gasteiger partial charge in [0.05, 0.1) is 10.9 Å². The number of thioether (sulfide) groups is 1. The van der Waals surface area contributed by atoms with E-state index >= 15 is 0 Å². The number of hydrogen-bond donors (Lipinski definition) is 1. The van der Waals surface area contributed by atoms with Crippen molar-refractivity contribution >= 4 is 29.3 Å². The van der Waals surface area contributed by atoms with E-state index in [0.29, 0.717) is 0 Å². The van der Waals surface area contributed by atoms with Crippen LogP contribution >= 0.6 is 11.8 Å². The maximum absolute atomic E-state index is 12.7. The first-order valence-corrected chi connectivity index (χ1v) is 10.6. The summed E-state index contributed by atoms with van der Waals surface area (Å²) in [6, 6.07) is 16.3. The van der Waals surface area contributed by atoms with Crippen molar-refractivity contribution in [3.05, 3.63) is 59.7 Å². The van der Waals surface area contributed by atoms with Crippen LogP contribution in [0.5, 0.6) is 0 Å². The van der Waals surface area contributed by atoms with Crippen LogP contribution < -0.4 is 5.32 Å². The van der Waals surface area contributed by atoms with E-state index < -0.39 is 0 Å². The summed E-state index contributed by atoms with van der Waals surface area (Å²) in [5.41, 5.74) is 3.43. The number of para-hydroxylation sites is 1. The van der Waals surface area contributed by atoms with Crippen molar-refractivity contribution in [1.82, 2.24) is 9.80 Å². The van der Waals surface area contributed by atoms with Gasteiger partial charge in [0.25, 0.3) is 0 Å². The Balaban J connectivity index is 1.29. The summed E-state index contributed by atoms with van der Waals surface area (Å²) < 4.78 is 0. The summed E-state index contributed by atoms with van der Waals surface area (Å²) in [7, 11) is 0. The molecule has 5 nitrogen and oxygen atoms in total. The zero-order valence-corrected chi connectivity index (χ0v) is 16.9. The average molecular weight is 396 g/mol. The standard InChI is InChI=1S/C22H25N3O2S/c1-16-5-4-6-17(13-16)15-24-9-11-25(12-10-24)21(26)14-20-22(27)23-18-7-2-3-8-19(18)28-20/h2-8,13,20H,9-12,14-15H2,1H3,(H,23,27)/t20-/m0/s1. The second kappa shape index (κ2) is 8.37. The minimum atomic E-state index is -0.354. The Hall–Kier alpha value is -2.31. The van der Waals surface area contributed by atoms with Gasteiger partial charge in [-0.3, -0.25) is 14.5 Å². The molecular formula is C22H25N3O2S. The maximum Gasteiger partial charge on any atom is 0.238 e. The highest BCUT2D eigenvalue weighted by Gasteiger charge is 2.31. The number of benzene rings is 2. The second-order valence-corrected chi connectivity index (χ2v) is 8.69. The minimum Gasteiger partial charge on any atom is -0.340 e. The summed E-state index contributed by atoms with van der Waals surface area (Å²) in [5, 5.41) is 2.56. The molecule has 1 fully saturated rings. The molecule has 2 aliphatic heterocycles. The van der Waals surface area contributed by atoms with E-state index in [1.54, 1.807) is 0 Å². The number of piperazine rings is 1. The second-order valence-electron chi connectivity index (χ2n) is 7.44. The van der Waals surface area contributed by atoms with E-state index in [2.05, 4.69) is 41.4 Å². The summed E-state index contributed by atoms with van der Waals surface area (Å²) in [5.74, 6) is -0.00244. The molecule has 28 heavy (non-hydrogen) atoms. The highest BCUT2D eigenvalue weighted by Crippen LogP contribution is 2.36. The van der Waals surface area contributed by atoms with Gasteiger partial charge in [0.15, 0.2) is 0 Å². The summed E-state index contributed by atoms with van der Waals surface area (Å²) in [6.45, 7) is 6.21. The molecule has 0 aromatic heterocycles. The fourth-order valence-electron chi connectivity index (χ4n) is 3.74. The highest BCUT2D eigenvalue weighted by molar-refractivity contribution is 8.01. The van der Waals surface area contributed by atoms with Crippen LogP contribution in [0.3, 0.4) is 0 Å². The number of rotatable bonds is 4. The van der Waals surface area contributed by atoms with E-state index in [-0.39, 0.29) is 23.5 Å². The molecule has 146 valence electrons. The topological polar surface area (TPSA) is 52.6 Å². The molecule has 2 aromatic rings. The van der Waals surface area contributed by atoms with Gasteiger partial charge in [-0.25, -0.2) is 0 Å². The fourth-order valence-corrected chi connectivity index (χ4v) is 4.84. The van der Waals surface area contributed by atoms with Crippen LogP contribution in [0.25, 0.3) is 0 Å². The van der Waals surface area contributed by atoms with E-state index in [4.69, 9.17) is 0 Å². The van der Waals surface area contributed by atoms with Crippen LogP contribution in [0.1, 0.15) is 17.5 Å². The Kier molecular flexibility index (Phi) is 5.69. The predicted octanol–water partition coefficient (Wildman–Crippen LogP) is 3.14. The molecule has 4 rings (SSSR count). The Morgan fingerprint density at radius 1 is 1.11 bits per heavy atom. The van der Waals surface area contributed by atoms with Crippen LogP contribution in [0.4, 0.5) is 5.69 Å². The van der Waals surface area contributed by atoms with Crippen molar-refractivity contribution in [1.29, 1.82) is 0 Å². The Morgan fingerprint density at radius 3 is 2.68 bits per heavy atom. The first-order chi connectivity index (χ1) is 13.6. The lowest BCUT2D eigenvalue weighted by atomic mass is 10.1. The maximum atomic E-state index is 12.7. The fraction of sp³-hybridized carbons (Fsp3) is 0.364. The van der Waals surface area contributed by atoms with Crippen molar-refractivity contribution < 1.29 is 9.59 Å². The monoisotopic (exact) mass is 395 g/mol. The molecule has 1 saturated heterocycles. The Morgan fingerprint density at radius 2 is 1.89 bits per heavy atom. The largest absolute Gasteiger partial charge is 0.340 e. The summed E-state index contributed by atoms with van der Waals surface area (Å²) in [6.07, 6.45) is 0.253. The molecule has 0 saturated carbocycles. The van der Waals surface area contributed by atoms with Gasteiger partial charge in [-0.2, -0.15) is 0 Å². The number of aryl methyl sites for hydroxylation is 1. The highest BCUT2D eigenvalue weighted by atomic mass is 32.2. The summed E-state index contributed by atoms with van der Waals surface area (Å²) >= 11 is 1.49. The van der Waals surface area contributed by atoms with E-state index in [9.17, 15) is 9.59 Å². The van der Waals surface area contributed by atoms with Crippen molar-refractivity contribution in [2.45, 2.75) is 30.0 Å². The van der Waals surface area contributed by atoms with Crippen LogP contribution in [0.15, 0.2) is 53.4 Å². The molecule has 1 atom stereocenters. The number of fused-ring (bicyclic) bond motifs is 1. The van der Waals surface area contributed by atoms with E-state index in [1.165, 1.54) is 22.9 Å². The number of nitrogens with one attached hydrogen (secondary N) is 1. The molecule has 1 N–H and O–H groups in total. The third-order valence-electron chi connectivity index (χ3n) is 5.28. The van der Waals surface area contributed by atoms with E-state index in [0.717, 1.165) is 43.3 Å². The number of carbonyl (C=O) groups is 2. The molecule has 2 aromatic carbocycles. The minimum absolute atomic E-state index is 0.0715. The van der Waals surface area contributed by atoms with Gasteiger partial charge in [-0.1, -0.05) is 42.0 Å². The molecule has 2 aliphatic rings. The third kappa shape index (κ3) is 4.39. The SMILES string of the molecule is Cc1cccc(CN2CCN(C(=O)C[C@@H]3Sc4ccccc4NC3=O)CC2)c1. The van der Waals surface area contributed by atoms with Gasteiger partial charge in [-0.05, 0) is 24.6 Å². The molecule has 0 aliphatic carbocycles. The van der Waals surface area contributed by atoms with Gasteiger partial charge in [0, 0.05) is 44.0 Å². The third-order valence-corrected chi connectivity index (χ3v) is 6.56. The lowest BCUT2D eigenvalue weighted by molar-refractivity contribution is -0.134. The lowest BCUT2D eigenvalue weighted by Crippen LogP contribution is -2.49. The predicted molar refractivity (Wildman–Crippen MR) is 112 cm³/mol. The molecule has 0 bridgehead atoms. The Bertz CT molecular complexity index is 878. The van der Waals surface area contributed by atoms with Gasteiger partial charge in [0.2, 0.25) is 11.8 Å². The van der Waals surface area contributed by atoms with Crippen LogP contribution in [-0.4, -0.2) is 53.0 Å². The number of hydrogen-bond acceptors (Lipinski definition) is 4. The number of carbonyl (C=O) groups excluding carboxylic acids is 2. The number of amides is 2. The molecule has 2 amide bonds. The smallest absolute Gasteiger partial charge is 0.238 e. The lowest BCUT2D eigenvalue weighted by Gasteiger charge is -2.35. The van der Waals surface area contributed by atoms with Crippen molar-refractivity contribution in [2.24, 2.45) is 0 Å². The molecule has 0 radical (unpaired) electrons. The van der Waals surface area contributed by atoms with Crippen LogP contribution in [0.2, 0.25) is 0 Å². The van der Waals surface area contributed by atoms with Gasteiger partial charge in [0.1, 0.15) is 0 Å². The molecular weight excluding hydrogens is 370 g/mol.